The third-order valence-corrected chi connectivity index (χ3v) is 3.42. The summed E-state index contributed by atoms with van der Waals surface area (Å²) in [5, 5.41) is 12.6. The summed E-state index contributed by atoms with van der Waals surface area (Å²) in [6.07, 6.45) is 1.96. The first-order valence-electron chi connectivity index (χ1n) is 6.43. The molecule has 0 radical (unpaired) electrons. The number of benzene rings is 1. The van der Waals surface area contributed by atoms with Gasteiger partial charge in [-0.2, -0.15) is 0 Å². The molecule has 1 fully saturated rings. The van der Waals surface area contributed by atoms with E-state index in [1.807, 2.05) is 18.2 Å². The molecule has 0 saturated carbocycles. The Kier molecular flexibility index (Phi) is 4.73. The summed E-state index contributed by atoms with van der Waals surface area (Å²) >= 11 is 0. The lowest BCUT2D eigenvalue weighted by molar-refractivity contribution is -0.111. The van der Waals surface area contributed by atoms with Crippen molar-refractivity contribution in [2.24, 2.45) is 0 Å². The summed E-state index contributed by atoms with van der Waals surface area (Å²) < 4.78 is 0. The molecule has 1 heterocycles. The van der Waals surface area contributed by atoms with Crippen molar-refractivity contribution in [3.8, 4) is 0 Å². The first-order chi connectivity index (χ1) is 8.79. The Hall–Kier alpha value is -1.39. The maximum absolute atomic E-state index is 10.6. The third kappa shape index (κ3) is 3.55. The third-order valence-electron chi connectivity index (χ3n) is 3.42. The molecule has 4 nitrogen and oxygen atoms in total. The van der Waals surface area contributed by atoms with Gasteiger partial charge >= 0.3 is 0 Å². The molecule has 2 atom stereocenters. The van der Waals surface area contributed by atoms with E-state index in [1.165, 1.54) is 5.56 Å². The molecular formula is C14H20N2O2. The number of amides is 1. The molecule has 0 aliphatic carbocycles. The molecular weight excluding hydrogens is 228 g/mol. The highest BCUT2D eigenvalue weighted by molar-refractivity contribution is 5.46. The zero-order valence-corrected chi connectivity index (χ0v) is 10.5. The minimum atomic E-state index is -0.434. The number of aliphatic hydroxyl groups excluding tert-OH is 1. The van der Waals surface area contributed by atoms with Crippen LogP contribution in [0.15, 0.2) is 30.3 Å². The molecule has 1 aromatic carbocycles. The number of nitrogens with zero attached hydrogens (tertiary/aromatic N) is 1. The molecule has 2 rings (SSSR count). The molecule has 1 amide bonds. The van der Waals surface area contributed by atoms with Crippen LogP contribution < -0.4 is 5.32 Å². The molecule has 98 valence electrons. The first kappa shape index (κ1) is 13.1. The molecule has 4 heteroatoms. The van der Waals surface area contributed by atoms with E-state index >= 15 is 0 Å². The van der Waals surface area contributed by atoms with Crippen LogP contribution in [-0.2, 0) is 11.3 Å². The van der Waals surface area contributed by atoms with E-state index in [0.717, 1.165) is 25.9 Å². The number of hydrogen-bond acceptors (Lipinski definition) is 3. The van der Waals surface area contributed by atoms with Gasteiger partial charge in [0.25, 0.3) is 0 Å². The van der Waals surface area contributed by atoms with Crippen molar-refractivity contribution in [3.63, 3.8) is 0 Å². The van der Waals surface area contributed by atoms with E-state index in [1.54, 1.807) is 0 Å². The van der Waals surface area contributed by atoms with E-state index in [9.17, 15) is 9.90 Å². The maximum Gasteiger partial charge on any atom is 0.207 e. The van der Waals surface area contributed by atoms with Crippen LogP contribution in [0, 0.1) is 0 Å². The molecule has 0 aromatic heterocycles. The Morgan fingerprint density at radius 1 is 1.39 bits per heavy atom. The van der Waals surface area contributed by atoms with E-state index in [2.05, 4.69) is 22.3 Å². The zero-order valence-electron chi connectivity index (χ0n) is 10.5. The topological polar surface area (TPSA) is 52.6 Å². The van der Waals surface area contributed by atoms with Crippen LogP contribution in [0.5, 0.6) is 0 Å². The highest BCUT2D eigenvalue weighted by Gasteiger charge is 2.24. The summed E-state index contributed by atoms with van der Waals surface area (Å²) in [5.41, 5.74) is 1.26. The predicted molar refractivity (Wildman–Crippen MR) is 69.9 cm³/mol. The summed E-state index contributed by atoms with van der Waals surface area (Å²) in [5.74, 6) is 0. The van der Waals surface area contributed by atoms with Gasteiger partial charge in [0.05, 0.1) is 12.1 Å². The largest absolute Gasteiger partial charge is 0.391 e. The van der Waals surface area contributed by atoms with Crippen LogP contribution in [-0.4, -0.2) is 41.7 Å². The molecule has 1 aliphatic heterocycles. The molecule has 18 heavy (non-hydrogen) atoms. The van der Waals surface area contributed by atoms with Crippen molar-refractivity contribution in [2.45, 2.75) is 31.5 Å². The van der Waals surface area contributed by atoms with Gasteiger partial charge in [-0.1, -0.05) is 30.3 Å². The monoisotopic (exact) mass is 248 g/mol. The quantitative estimate of drug-likeness (QED) is 0.773. The fourth-order valence-electron chi connectivity index (χ4n) is 2.45. The molecule has 1 saturated heterocycles. The maximum atomic E-state index is 10.6. The lowest BCUT2D eigenvalue weighted by Gasteiger charge is -2.25. The first-order valence-corrected chi connectivity index (χ1v) is 6.43. The van der Waals surface area contributed by atoms with Crippen molar-refractivity contribution < 1.29 is 9.90 Å². The Balaban J connectivity index is 1.97. The van der Waals surface area contributed by atoms with Gasteiger partial charge in [-0.05, 0) is 24.9 Å². The Bertz CT molecular complexity index is 369. The fourth-order valence-corrected chi connectivity index (χ4v) is 2.45. The average Bonchev–Trinajstić information content (AvgIpc) is 2.54. The minimum absolute atomic E-state index is 0.159. The second-order valence-electron chi connectivity index (χ2n) is 4.82. The van der Waals surface area contributed by atoms with Gasteiger partial charge in [0.2, 0.25) is 6.41 Å². The number of carbonyl (C=O) groups excluding carboxylic acids is 1. The fraction of sp³-hybridized carbons (Fsp3) is 0.500. The van der Waals surface area contributed by atoms with Gasteiger partial charge in [0.15, 0.2) is 0 Å². The zero-order chi connectivity index (χ0) is 12.8. The van der Waals surface area contributed by atoms with Gasteiger partial charge < -0.3 is 10.4 Å². The Labute approximate surface area is 108 Å². The normalized spacial score (nSPS) is 25.4. The number of carbonyl (C=O) groups is 1. The standard InChI is InChI=1S/C14H20N2O2/c17-11-15-13-10-16(8-4-7-14(13)18)9-12-5-2-1-3-6-12/h1-3,5-6,11,13-14,18H,4,7-10H2,(H,15,17)/t13-,14+/m0/s1. The number of rotatable bonds is 4. The molecule has 0 bridgehead atoms. The second kappa shape index (κ2) is 6.52. The number of nitrogens with one attached hydrogen (secondary N) is 1. The van der Waals surface area contributed by atoms with Crippen LogP contribution in [0.4, 0.5) is 0 Å². The smallest absolute Gasteiger partial charge is 0.207 e. The number of likely N-dealkylation sites (tertiary alicyclic amines) is 1. The van der Waals surface area contributed by atoms with Crippen molar-refractivity contribution >= 4 is 6.41 Å². The molecule has 1 aromatic rings. The molecule has 2 N–H and O–H groups in total. The molecule has 0 spiro atoms. The van der Waals surface area contributed by atoms with Gasteiger partial charge in [-0.3, -0.25) is 9.69 Å². The lowest BCUT2D eigenvalue weighted by atomic mass is 10.1. The summed E-state index contributed by atoms with van der Waals surface area (Å²) in [6.45, 7) is 2.53. The van der Waals surface area contributed by atoms with Crippen LogP contribution in [0.2, 0.25) is 0 Å². The number of aliphatic hydroxyl groups is 1. The van der Waals surface area contributed by atoms with E-state index in [-0.39, 0.29) is 6.04 Å². The second-order valence-corrected chi connectivity index (χ2v) is 4.82. The SMILES string of the molecule is O=CN[C@H]1CN(Cc2ccccc2)CCC[C@H]1O. The van der Waals surface area contributed by atoms with Crippen LogP contribution >= 0.6 is 0 Å². The molecule has 1 aliphatic rings. The van der Waals surface area contributed by atoms with Crippen LogP contribution in [0.25, 0.3) is 0 Å². The van der Waals surface area contributed by atoms with Crippen LogP contribution in [0.1, 0.15) is 18.4 Å². The summed E-state index contributed by atoms with van der Waals surface area (Å²) in [7, 11) is 0. The minimum Gasteiger partial charge on any atom is -0.391 e. The van der Waals surface area contributed by atoms with Gasteiger partial charge in [0.1, 0.15) is 0 Å². The lowest BCUT2D eigenvalue weighted by Crippen LogP contribution is -2.45. The van der Waals surface area contributed by atoms with Crippen molar-refractivity contribution in [1.29, 1.82) is 0 Å². The summed E-state index contributed by atoms with van der Waals surface area (Å²) in [6, 6.07) is 10.1. The van der Waals surface area contributed by atoms with Crippen molar-refractivity contribution in [3.05, 3.63) is 35.9 Å². The van der Waals surface area contributed by atoms with Crippen molar-refractivity contribution in [2.75, 3.05) is 13.1 Å². The van der Waals surface area contributed by atoms with Gasteiger partial charge in [0, 0.05) is 13.1 Å². The highest BCUT2D eigenvalue weighted by Crippen LogP contribution is 2.14. The average molecular weight is 248 g/mol. The van der Waals surface area contributed by atoms with E-state index in [0.29, 0.717) is 13.0 Å². The predicted octanol–water partition coefficient (Wildman–Crippen LogP) is 0.758. The van der Waals surface area contributed by atoms with Gasteiger partial charge in [-0.15, -0.1) is 0 Å². The molecule has 0 unspecified atom stereocenters. The highest BCUT2D eigenvalue weighted by atomic mass is 16.3. The van der Waals surface area contributed by atoms with E-state index < -0.39 is 6.10 Å². The van der Waals surface area contributed by atoms with Crippen molar-refractivity contribution in [1.82, 2.24) is 10.2 Å². The van der Waals surface area contributed by atoms with E-state index in [4.69, 9.17) is 0 Å². The Morgan fingerprint density at radius 2 is 2.17 bits per heavy atom. The number of hydrogen-bond donors (Lipinski definition) is 2. The Morgan fingerprint density at radius 3 is 2.89 bits per heavy atom. The van der Waals surface area contributed by atoms with Gasteiger partial charge in [-0.25, -0.2) is 0 Å². The van der Waals surface area contributed by atoms with Crippen LogP contribution in [0.3, 0.4) is 0 Å². The summed E-state index contributed by atoms with van der Waals surface area (Å²) in [4.78, 5) is 12.8.